The molecule has 108 valence electrons. The third-order valence-corrected chi connectivity index (χ3v) is 4.19. The summed E-state index contributed by atoms with van der Waals surface area (Å²) in [5, 5.41) is 8.75. The fraction of sp³-hybridized carbons (Fsp3) is 0.385. The van der Waals surface area contributed by atoms with Gasteiger partial charge in [0.15, 0.2) is 5.82 Å². The van der Waals surface area contributed by atoms with Gasteiger partial charge in [0.2, 0.25) is 5.16 Å². The van der Waals surface area contributed by atoms with Crippen molar-refractivity contribution < 1.29 is 4.39 Å². The molecule has 0 saturated heterocycles. The molecule has 0 amide bonds. The van der Waals surface area contributed by atoms with Gasteiger partial charge in [-0.3, -0.25) is 0 Å². The lowest BCUT2D eigenvalue weighted by molar-refractivity contribution is 0.523. The molecule has 0 radical (unpaired) electrons. The molecule has 7 heteroatoms. The second-order valence-electron chi connectivity index (χ2n) is 5.45. The van der Waals surface area contributed by atoms with Crippen LogP contribution >= 0.6 is 27.7 Å². The van der Waals surface area contributed by atoms with Gasteiger partial charge < -0.3 is 5.84 Å². The topological polar surface area (TPSA) is 56.7 Å². The second kappa shape index (κ2) is 5.73. The Morgan fingerprint density at radius 2 is 2.05 bits per heavy atom. The van der Waals surface area contributed by atoms with Crippen LogP contribution in [0.5, 0.6) is 0 Å². The van der Waals surface area contributed by atoms with Crippen molar-refractivity contribution in [3.63, 3.8) is 0 Å². The zero-order valence-electron chi connectivity index (χ0n) is 11.5. The largest absolute Gasteiger partial charge is 0.336 e. The summed E-state index contributed by atoms with van der Waals surface area (Å²) in [5.41, 5.74) is 0.433. The average molecular weight is 359 g/mol. The van der Waals surface area contributed by atoms with Crippen molar-refractivity contribution in [1.82, 2.24) is 14.9 Å². The Labute approximate surface area is 130 Å². The minimum atomic E-state index is -0.244. The predicted molar refractivity (Wildman–Crippen MR) is 82.5 cm³/mol. The van der Waals surface area contributed by atoms with Crippen molar-refractivity contribution in [2.75, 3.05) is 5.84 Å². The molecule has 2 aromatic rings. The normalized spacial score (nSPS) is 11.8. The van der Waals surface area contributed by atoms with Gasteiger partial charge in [-0.25, -0.2) is 9.07 Å². The summed E-state index contributed by atoms with van der Waals surface area (Å²) in [6.07, 6.45) is 0. The first-order valence-electron chi connectivity index (χ1n) is 6.06. The zero-order chi connectivity index (χ0) is 14.9. The van der Waals surface area contributed by atoms with Gasteiger partial charge >= 0.3 is 0 Å². The van der Waals surface area contributed by atoms with Gasteiger partial charge in [-0.15, -0.1) is 10.2 Å². The fourth-order valence-corrected chi connectivity index (χ4v) is 2.84. The molecule has 2 rings (SSSR count). The molecule has 0 aliphatic carbocycles. The molecule has 1 aromatic carbocycles. The number of nitrogen functional groups attached to an aromatic ring is 1. The van der Waals surface area contributed by atoms with Crippen molar-refractivity contribution in [3.05, 3.63) is 39.9 Å². The lowest BCUT2D eigenvalue weighted by Crippen LogP contribution is -2.24. The highest BCUT2D eigenvalue weighted by atomic mass is 79.9. The first-order chi connectivity index (χ1) is 9.29. The van der Waals surface area contributed by atoms with Gasteiger partial charge in [0.05, 0.1) is 0 Å². The summed E-state index contributed by atoms with van der Waals surface area (Å²) in [4.78, 5) is 0. The van der Waals surface area contributed by atoms with Gasteiger partial charge in [0.1, 0.15) is 5.82 Å². The third-order valence-electron chi connectivity index (χ3n) is 2.71. The Morgan fingerprint density at radius 1 is 1.35 bits per heavy atom. The van der Waals surface area contributed by atoms with Crippen LogP contribution in [0.4, 0.5) is 4.39 Å². The van der Waals surface area contributed by atoms with Crippen LogP contribution in [0, 0.1) is 5.82 Å². The van der Waals surface area contributed by atoms with E-state index in [4.69, 9.17) is 5.84 Å². The Balaban J connectivity index is 2.14. The number of thioether (sulfide) groups is 1. The lowest BCUT2D eigenvalue weighted by Gasteiger charge is -2.16. The molecule has 0 spiro atoms. The van der Waals surface area contributed by atoms with Crippen molar-refractivity contribution in [2.45, 2.75) is 37.1 Å². The molecule has 0 aliphatic rings. The minimum Gasteiger partial charge on any atom is -0.336 e. The Morgan fingerprint density at radius 3 is 2.60 bits per heavy atom. The van der Waals surface area contributed by atoms with E-state index in [0.717, 1.165) is 4.47 Å². The van der Waals surface area contributed by atoms with Crippen LogP contribution in [-0.4, -0.2) is 14.9 Å². The first kappa shape index (κ1) is 15.3. The van der Waals surface area contributed by atoms with Gasteiger partial charge in [-0.05, 0) is 17.7 Å². The summed E-state index contributed by atoms with van der Waals surface area (Å²) in [7, 11) is 0. The zero-order valence-corrected chi connectivity index (χ0v) is 13.9. The van der Waals surface area contributed by atoms with E-state index >= 15 is 0 Å². The van der Waals surface area contributed by atoms with E-state index in [-0.39, 0.29) is 11.2 Å². The SMILES string of the molecule is CC(C)(C)c1nnc(SCc2ccc(Br)cc2F)n1N. The Bertz CT molecular complexity index is 621. The predicted octanol–water partition coefficient (Wildman–Crippen LogP) is 3.48. The standard InChI is InChI=1S/C13H16BrFN4S/c1-13(2,3)11-17-18-12(19(11)16)20-7-8-4-5-9(14)6-10(8)15/h4-6H,7,16H2,1-3H3. The van der Waals surface area contributed by atoms with Crippen LogP contribution in [0.15, 0.2) is 27.8 Å². The van der Waals surface area contributed by atoms with Crippen LogP contribution < -0.4 is 5.84 Å². The molecular formula is C13H16BrFN4S. The Kier molecular flexibility index (Phi) is 4.39. The fourth-order valence-electron chi connectivity index (χ4n) is 1.67. The molecular weight excluding hydrogens is 343 g/mol. The summed E-state index contributed by atoms with van der Waals surface area (Å²) in [6.45, 7) is 6.05. The molecule has 2 N–H and O–H groups in total. The van der Waals surface area contributed by atoms with E-state index in [1.54, 1.807) is 6.07 Å². The number of hydrogen-bond acceptors (Lipinski definition) is 4. The van der Waals surface area contributed by atoms with E-state index in [9.17, 15) is 4.39 Å². The number of halogens is 2. The van der Waals surface area contributed by atoms with Gasteiger partial charge in [-0.1, -0.05) is 54.5 Å². The smallest absolute Gasteiger partial charge is 0.210 e. The summed E-state index contributed by atoms with van der Waals surface area (Å²) in [5.74, 6) is 6.90. The maximum atomic E-state index is 13.7. The lowest BCUT2D eigenvalue weighted by atomic mass is 9.96. The van der Waals surface area contributed by atoms with Crippen molar-refractivity contribution in [1.29, 1.82) is 0 Å². The number of benzene rings is 1. The van der Waals surface area contributed by atoms with Crippen molar-refractivity contribution in [3.8, 4) is 0 Å². The quantitative estimate of drug-likeness (QED) is 0.673. The Hall–Kier alpha value is -1.08. The number of nitrogens with two attached hydrogens (primary N) is 1. The van der Waals surface area contributed by atoms with E-state index in [1.165, 1.54) is 22.5 Å². The monoisotopic (exact) mass is 358 g/mol. The van der Waals surface area contributed by atoms with Crippen LogP contribution in [0.1, 0.15) is 32.2 Å². The van der Waals surface area contributed by atoms with Gasteiger partial charge in [0.25, 0.3) is 0 Å². The maximum absolute atomic E-state index is 13.7. The molecule has 0 fully saturated rings. The van der Waals surface area contributed by atoms with Crippen LogP contribution in [0.25, 0.3) is 0 Å². The molecule has 0 unspecified atom stereocenters. The van der Waals surface area contributed by atoms with E-state index in [2.05, 4.69) is 26.1 Å². The highest BCUT2D eigenvalue weighted by Crippen LogP contribution is 2.26. The summed E-state index contributed by atoms with van der Waals surface area (Å²) < 4.78 is 15.9. The first-order valence-corrected chi connectivity index (χ1v) is 7.84. The second-order valence-corrected chi connectivity index (χ2v) is 7.31. The maximum Gasteiger partial charge on any atom is 0.210 e. The van der Waals surface area contributed by atoms with E-state index in [0.29, 0.717) is 22.3 Å². The number of aromatic nitrogens is 3. The van der Waals surface area contributed by atoms with Gasteiger partial charge in [-0.2, -0.15) is 0 Å². The molecule has 1 aromatic heterocycles. The highest BCUT2D eigenvalue weighted by molar-refractivity contribution is 9.10. The van der Waals surface area contributed by atoms with Crippen LogP contribution in [-0.2, 0) is 11.2 Å². The third kappa shape index (κ3) is 3.32. The number of nitrogens with zero attached hydrogens (tertiary/aromatic N) is 3. The van der Waals surface area contributed by atoms with Crippen molar-refractivity contribution in [2.24, 2.45) is 0 Å². The summed E-state index contributed by atoms with van der Waals surface area (Å²) in [6, 6.07) is 5.00. The number of hydrogen-bond donors (Lipinski definition) is 1. The average Bonchev–Trinajstić information content (AvgIpc) is 2.69. The summed E-state index contributed by atoms with van der Waals surface area (Å²) >= 11 is 4.60. The van der Waals surface area contributed by atoms with Crippen molar-refractivity contribution >= 4 is 27.7 Å². The van der Waals surface area contributed by atoms with Gasteiger partial charge in [0, 0.05) is 15.6 Å². The molecule has 0 saturated carbocycles. The molecule has 0 bridgehead atoms. The van der Waals surface area contributed by atoms with E-state index < -0.39 is 0 Å². The van der Waals surface area contributed by atoms with E-state index in [1.807, 2.05) is 26.8 Å². The molecule has 1 heterocycles. The highest BCUT2D eigenvalue weighted by Gasteiger charge is 2.23. The minimum absolute atomic E-state index is 0.177. The molecule has 4 nitrogen and oxygen atoms in total. The van der Waals surface area contributed by atoms with Crippen LogP contribution in [0.3, 0.4) is 0 Å². The van der Waals surface area contributed by atoms with Crippen LogP contribution in [0.2, 0.25) is 0 Å². The molecule has 0 atom stereocenters. The molecule has 0 aliphatic heterocycles. The molecule has 20 heavy (non-hydrogen) atoms. The number of rotatable bonds is 3.